The minimum atomic E-state index is -4.55. The second-order valence-electron chi connectivity index (χ2n) is 5.91. The summed E-state index contributed by atoms with van der Waals surface area (Å²) in [4.78, 5) is 15.9. The van der Waals surface area contributed by atoms with E-state index in [1.807, 2.05) is 0 Å². The SMILES string of the molecule is CC(C)(NC(=O)c1ccc(S(C)(=O)=O)cc1)c1nc(C(F)(F)F)cs1. The number of sulfone groups is 1. The van der Waals surface area contributed by atoms with Crippen molar-refractivity contribution in [2.24, 2.45) is 0 Å². The van der Waals surface area contributed by atoms with E-state index >= 15 is 0 Å². The number of rotatable bonds is 4. The topological polar surface area (TPSA) is 76.1 Å². The van der Waals surface area contributed by atoms with Crippen molar-refractivity contribution >= 4 is 27.1 Å². The van der Waals surface area contributed by atoms with Crippen LogP contribution >= 0.6 is 11.3 Å². The Morgan fingerprint density at radius 3 is 2.16 bits per heavy atom. The molecule has 1 aromatic heterocycles. The van der Waals surface area contributed by atoms with Crippen LogP contribution in [0.3, 0.4) is 0 Å². The zero-order valence-electron chi connectivity index (χ0n) is 13.5. The minimum absolute atomic E-state index is 0.0676. The van der Waals surface area contributed by atoms with Crippen molar-refractivity contribution in [2.45, 2.75) is 30.5 Å². The average molecular weight is 392 g/mol. The van der Waals surface area contributed by atoms with Crippen molar-refractivity contribution in [1.29, 1.82) is 0 Å². The number of carbonyl (C=O) groups is 1. The minimum Gasteiger partial charge on any atom is -0.341 e. The van der Waals surface area contributed by atoms with E-state index in [4.69, 9.17) is 0 Å². The molecule has 0 saturated carbocycles. The van der Waals surface area contributed by atoms with Crippen LogP contribution in [-0.4, -0.2) is 25.6 Å². The summed E-state index contributed by atoms with van der Waals surface area (Å²) in [6.07, 6.45) is -3.50. The van der Waals surface area contributed by atoms with Gasteiger partial charge in [0.05, 0.1) is 10.4 Å². The van der Waals surface area contributed by atoms with Gasteiger partial charge in [0.15, 0.2) is 15.5 Å². The predicted molar refractivity (Wildman–Crippen MR) is 87.2 cm³/mol. The second kappa shape index (κ2) is 6.41. The summed E-state index contributed by atoms with van der Waals surface area (Å²) < 4.78 is 60.8. The number of carbonyl (C=O) groups excluding carboxylic acids is 1. The molecule has 2 rings (SSSR count). The summed E-state index contributed by atoms with van der Waals surface area (Å²) in [5.74, 6) is -0.547. The highest BCUT2D eigenvalue weighted by Crippen LogP contribution is 2.33. The molecular weight excluding hydrogens is 377 g/mol. The molecule has 2 aromatic rings. The number of alkyl halides is 3. The molecule has 1 amide bonds. The number of halogens is 3. The van der Waals surface area contributed by atoms with E-state index in [9.17, 15) is 26.4 Å². The van der Waals surface area contributed by atoms with Gasteiger partial charge in [-0.05, 0) is 38.1 Å². The Morgan fingerprint density at radius 1 is 1.16 bits per heavy atom. The van der Waals surface area contributed by atoms with E-state index in [2.05, 4.69) is 10.3 Å². The maximum atomic E-state index is 12.7. The van der Waals surface area contributed by atoms with Crippen molar-refractivity contribution in [2.75, 3.05) is 6.26 Å². The molecule has 1 heterocycles. The van der Waals surface area contributed by atoms with E-state index in [1.165, 1.54) is 38.1 Å². The smallest absolute Gasteiger partial charge is 0.341 e. The van der Waals surface area contributed by atoms with Gasteiger partial charge in [-0.1, -0.05) is 0 Å². The number of nitrogens with one attached hydrogen (secondary N) is 1. The Bertz CT molecular complexity index is 885. The fraction of sp³-hybridized carbons (Fsp3) is 0.333. The number of benzene rings is 1. The summed E-state index contributed by atoms with van der Waals surface area (Å²) in [7, 11) is -3.38. The number of hydrogen-bond donors (Lipinski definition) is 1. The maximum Gasteiger partial charge on any atom is 0.434 e. The molecule has 25 heavy (non-hydrogen) atoms. The van der Waals surface area contributed by atoms with Crippen molar-refractivity contribution in [3.05, 3.63) is 45.9 Å². The molecule has 0 atom stereocenters. The van der Waals surface area contributed by atoms with Crippen LogP contribution in [0.1, 0.15) is 34.9 Å². The first-order valence-electron chi connectivity index (χ1n) is 6.96. The fourth-order valence-electron chi connectivity index (χ4n) is 1.95. The molecule has 10 heteroatoms. The van der Waals surface area contributed by atoms with Crippen LogP contribution < -0.4 is 5.32 Å². The molecule has 1 N–H and O–H groups in total. The van der Waals surface area contributed by atoms with Crippen LogP contribution in [0, 0.1) is 0 Å². The molecule has 0 fully saturated rings. The van der Waals surface area contributed by atoms with E-state index in [0.717, 1.165) is 23.0 Å². The van der Waals surface area contributed by atoms with Gasteiger partial charge >= 0.3 is 6.18 Å². The van der Waals surface area contributed by atoms with E-state index in [1.54, 1.807) is 0 Å². The van der Waals surface area contributed by atoms with Crippen LogP contribution in [0.5, 0.6) is 0 Å². The highest BCUT2D eigenvalue weighted by Gasteiger charge is 2.36. The van der Waals surface area contributed by atoms with Gasteiger partial charge < -0.3 is 5.32 Å². The van der Waals surface area contributed by atoms with Crippen LogP contribution in [0.15, 0.2) is 34.5 Å². The molecule has 5 nitrogen and oxygen atoms in total. The Morgan fingerprint density at radius 2 is 1.72 bits per heavy atom. The summed E-state index contributed by atoms with van der Waals surface area (Å²) in [6.45, 7) is 3.07. The van der Waals surface area contributed by atoms with Gasteiger partial charge in [-0.15, -0.1) is 11.3 Å². The molecule has 0 unspecified atom stereocenters. The first-order valence-corrected chi connectivity index (χ1v) is 9.73. The highest BCUT2D eigenvalue weighted by molar-refractivity contribution is 7.90. The summed E-state index contributed by atoms with van der Waals surface area (Å²) in [5, 5.41) is 3.61. The van der Waals surface area contributed by atoms with Gasteiger partial charge in [0, 0.05) is 17.2 Å². The number of amides is 1. The monoisotopic (exact) mass is 392 g/mol. The lowest BCUT2D eigenvalue weighted by Gasteiger charge is -2.24. The van der Waals surface area contributed by atoms with E-state index in [0.29, 0.717) is 0 Å². The van der Waals surface area contributed by atoms with Gasteiger partial charge in [-0.3, -0.25) is 4.79 Å². The molecule has 0 aliphatic carbocycles. The molecule has 0 aliphatic heterocycles. The Balaban J connectivity index is 2.19. The lowest BCUT2D eigenvalue weighted by atomic mass is 10.1. The largest absolute Gasteiger partial charge is 0.434 e. The normalized spacial score (nSPS) is 12.9. The van der Waals surface area contributed by atoms with Gasteiger partial charge in [0.1, 0.15) is 5.01 Å². The van der Waals surface area contributed by atoms with Crippen molar-refractivity contribution in [3.63, 3.8) is 0 Å². The zero-order chi connectivity index (χ0) is 19.0. The fourth-order valence-corrected chi connectivity index (χ4v) is 3.49. The van der Waals surface area contributed by atoms with Gasteiger partial charge in [0.2, 0.25) is 0 Å². The molecule has 0 radical (unpaired) electrons. The molecule has 1 aromatic carbocycles. The zero-order valence-corrected chi connectivity index (χ0v) is 15.1. The number of nitrogens with zero attached hydrogens (tertiary/aromatic N) is 1. The quantitative estimate of drug-likeness (QED) is 0.867. The molecule has 0 aliphatic rings. The lowest BCUT2D eigenvalue weighted by molar-refractivity contribution is -0.140. The van der Waals surface area contributed by atoms with Gasteiger partial charge in [-0.2, -0.15) is 13.2 Å². The summed E-state index contributed by atoms with van der Waals surface area (Å²) in [5.41, 5.74) is -1.94. The third-order valence-electron chi connectivity index (χ3n) is 3.30. The Hall–Kier alpha value is -1.94. The first kappa shape index (κ1) is 19.4. The molecule has 136 valence electrons. The average Bonchev–Trinajstić information content (AvgIpc) is 2.96. The second-order valence-corrected chi connectivity index (χ2v) is 8.79. The van der Waals surface area contributed by atoms with E-state index < -0.39 is 33.2 Å². The van der Waals surface area contributed by atoms with Crippen LogP contribution in [0.2, 0.25) is 0 Å². The van der Waals surface area contributed by atoms with Crippen molar-refractivity contribution in [1.82, 2.24) is 10.3 Å². The standard InChI is InChI=1S/C15H15F3N2O3S2/c1-14(2,13-19-11(8-24-13)15(16,17)18)20-12(21)9-4-6-10(7-5-9)25(3,22)23/h4-8H,1-3H3,(H,20,21). The Kier molecular flexibility index (Phi) is 4.97. The maximum absolute atomic E-state index is 12.7. The lowest BCUT2D eigenvalue weighted by Crippen LogP contribution is -2.41. The van der Waals surface area contributed by atoms with Crippen molar-refractivity contribution in [3.8, 4) is 0 Å². The predicted octanol–water partition coefficient (Wildman–Crippen LogP) is 3.23. The number of aromatic nitrogens is 1. The third kappa shape index (κ3) is 4.57. The van der Waals surface area contributed by atoms with E-state index in [-0.39, 0.29) is 15.5 Å². The highest BCUT2D eigenvalue weighted by atomic mass is 32.2. The third-order valence-corrected chi connectivity index (χ3v) is 5.59. The Labute approximate surface area is 146 Å². The van der Waals surface area contributed by atoms with Crippen LogP contribution in [0.4, 0.5) is 13.2 Å². The summed E-state index contributed by atoms with van der Waals surface area (Å²) in [6, 6.07) is 5.26. The van der Waals surface area contributed by atoms with Crippen LogP contribution in [0.25, 0.3) is 0 Å². The summed E-state index contributed by atoms with van der Waals surface area (Å²) >= 11 is 0.801. The van der Waals surface area contributed by atoms with Crippen molar-refractivity contribution < 1.29 is 26.4 Å². The van der Waals surface area contributed by atoms with Gasteiger partial charge in [0.25, 0.3) is 5.91 Å². The number of hydrogen-bond acceptors (Lipinski definition) is 5. The molecule has 0 bridgehead atoms. The van der Waals surface area contributed by atoms with Gasteiger partial charge in [-0.25, -0.2) is 13.4 Å². The molecule has 0 spiro atoms. The first-order chi connectivity index (χ1) is 11.3. The van der Waals surface area contributed by atoms with Crippen LogP contribution in [-0.2, 0) is 21.6 Å². The molecule has 0 saturated heterocycles. The molecular formula is C15H15F3N2O3S2. The number of thiazole rings is 1.